The molecule has 0 aromatic rings. The predicted octanol–water partition coefficient (Wildman–Crippen LogP) is 1.01. The van der Waals surface area contributed by atoms with Crippen LogP contribution in [0.15, 0.2) is 0 Å². The molecule has 0 saturated carbocycles. The van der Waals surface area contributed by atoms with Crippen LogP contribution in [0, 0.1) is 5.92 Å². The lowest BCUT2D eigenvalue weighted by Gasteiger charge is -2.12. The second-order valence-corrected chi connectivity index (χ2v) is 3.06. The largest absolute Gasteiger partial charge is 0.481 e. The van der Waals surface area contributed by atoms with Crippen molar-refractivity contribution in [2.24, 2.45) is 5.92 Å². The summed E-state index contributed by atoms with van der Waals surface area (Å²) in [7, 11) is 0. The number of nitrogens with one attached hydrogen (secondary N) is 1. The van der Waals surface area contributed by atoms with E-state index in [9.17, 15) is 9.59 Å². The fourth-order valence-electron chi connectivity index (χ4n) is 1.04. The van der Waals surface area contributed by atoms with Crippen LogP contribution in [-0.4, -0.2) is 23.5 Å². The molecule has 0 aliphatic carbocycles. The van der Waals surface area contributed by atoms with E-state index in [2.05, 4.69) is 19.2 Å². The lowest BCUT2D eigenvalue weighted by atomic mass is 10.0. The second kappa shape index (κ2) is 6.46. The number of carboxylic acid groups (broad SMARTS) is 1. The number of hydrogen-bond acceptors (Lipinski definition) is 2. The van der Waals surface area contributed by atoms with Crippen LogP contribution in [0.5, 0.6) is 0 Å². The van der Waals surface area contributed by atoms with Crippen LogP contribution in [0.4, 0.5) is 0 Å². The van der Waals surface area contributed by atoms with Crippen molar-refractivity contribution in [1.29, 1.82) is 0 Å². The minimum Gasteiger partial charge on any atom is -0.481 e. The van der Waals surface area contributed by atoms with Gasteiger partial charge in [-0.3, -0.25) is 9.59 Å². The topological polar surface area (TPSA) is 66.4 Å². The van der Waals surface area contributed by atoms with Gasteiger partial charge in [-0.2, -0.15) is 0 Å². The Morgan fingerprint density at radius 2 is 1.85 bits per heavy atom. The maximum Gasteiger partial charge on any atom is 0.312 e. The van der Waals surface area contributed by atoms with Crippen LogP contribution in [0.2, 0.25) is 0 Å². The molecule has 0 rings (SSSR count). The summed E-state index contributed by atoms with van der Waals surface area (Å²) in [4.78, 5) is 21.0. The van der Waals surface area contributed by atoms with Crippen LogP contribution in [0.3, 0.4) is 0 Å². The Hall–Kier alpha value is -1.06. The first-order valence-corrected chi connectivity index (χ1v) is 4.58. The Kier molecular flexibility index (Phi) is 5.93. The molecule has 0 saturated heterocycles. The molecule has 4 heteroatoms. The zero-order chi connectivity index (χ0) is 10.3. The third-order valence-electron chi connectivity index (χ3n) is 2.05. The molecule has 4 nitrogen and oxygen atoms in total. The highest BCUT2D eigenvalue weighted by Crippen LogP contribution is 2.04. The fraction of sp³-hybridized carbons (Fsp3) is 0.778. The van der Waals surface area contributed by atoms with E-state index >= 15 is 0 Å². The van der Waals surface area contributed by atoms with Crippen molar-refractivity contribution in [3.8, 4) is 0 Å². The Bertz CT molecular complexity index is 176. The number of carboxylic acids is 1. The molecular formula is C9H17NO3. The van der Waals surface area contributed by atoms with Crippen molar-refractivity contribution < 1.29 is 14.7 Å². The van der Waals surface area contributed by atoms with E-state index < -0.39 is 18.3 Å². The van der Waals surface area contributed by atoms with E-state index in [0.29, 0.717) is 12.5 Å². The smallest absolute Gasteiger partial charge is 0.312 e. The Morgan fingerprint density at radius 1 is 1.31 bits per heavy atom. The Balaban J connectivity index is 3.62. The first-order chi connectivity index (χ1) is 6.10. The van der Waals surface area contributed by atoms with Gasteiger partial charge in [-0.05, 0) is 5.92 Å². The summed E-state index contributed by atoms with van der Waals surface area (Å²) in [6, 6.07) is 0. The van der Waals surface area contributed by atoms with Crippen molar-refractivity contribution in [2.75, 3.05) is 6.54 Å². The molecule has 0 bridgehead atoms. The zero-order valence-electron chi connectivity index (χ0n) is 8.17. The Labute approximate surface area is 78.3 Å². The summed E-state index contributed by atoms with van der Waals surface area (Å²) < 4.78 is 0. The van der Waals surface area contributed by atoms with Gasteiger partial charge >= 0.3 is 5.97 Å². The van der Waals surface area contributed by atoms with Crippen LogP contribution >= 0.6 is 0 Å². The van der Waals surface area contributed by atoms with Crippen molar-refractivity contribution >= 4 is 11.9 Å². The van der Waals surface area contributed by atoms with Gasteiger partial charge < -0.3 is 10.4 Å². The third kappa shape index (κ3) is 6.13. The molecule has 13 heavy (non-hydrogen) atoms. The van der Waals surface area contributed by atoms with E-state index in [1.54, 1.807) is 0 Å². The molecule has 0 heterocycles. The van der Waals surface area contributed by atoms with E-state index in [-0.39, 0.29) is 0 Å². The zero-order valence-corrected chi connectivity index (χ0v) is 8.17. The van der Waals surface area contributed by atoms with Crippen molar-refractivity contribution in [3.63, 3.8) is 0 Å². The van der Waals surface area contributed by atoms with Crippen molar-refractivity contribution in [2.45, 2.75) is 33.1 Å². The van der Waals surface area contributed by atoms with Gasteiger partial charge in [-0.15, -0.1) is 0 Å². The monoisotopic (exact) mass is 187 g/mol. The average molecular weight is 187 g/mol. The molecule has 0 spiro atoms. The van der Waals surface area contributed by atoms with Crippen LogP contribution in [0.25, 0.3) is 0 Å². The molecule has 0 aromatic heterocycles. The van der Waals surface area contributed by atoms with Gasteiger partial charge in [0.15, 0.2) is 0 Å². The summed E-state index contributed by atoms with van der Waals surface area (Å²) in [5.41, 5.74) is 0. The highest BCUT2D eigenvalue weighted by atomic mass is 16.4. The number of aliphatic carboxylic acids is 1. The first-order valence-electron chi connectivity index (χ1n) is 4.58. The summed E-state index contributed by atoms with van der Waals surface area (Å²) in [5, 5.41) is 10.9. The quantitative estimate of drug-likeness (QED) is 0.610. The summed E-state index contributed by atoms with van der Waals surface area (Å²) >= 11 is 0. The number of hydrogen-bond donors (Lipinski definition) is 2. The maximum atomic E-state index is 10.9. The molecule has 0 aromatic carbocycles. The standard InChI is InChI=1S/C9H17NO3/c1-3-7(4-2)6-10-8(11)5-9(12)13/h7H,3-6H2,1-2H3,(H,10,11)(H,12,13). The highest BCUT2D eigenvalue weighted by Gasteiger charge is 2.09. The van der Waals surface area contributed by atoms with Gasteiger partial charge in [-0.25, -0.2) is 0 Å². The summed E-state index contributed by atoms with van der Waals surface area (Å²) in [6.45, 7) is 4.69. The third-order valence-corrected chi connectivity index (χ3v) is 2.05. The van der Waals surface area contributed by atoms with Crippen molar-refractivity contribution in [3.05, 3.63) is 0 Å². The van der Waals surface area contributed by atoms with E-state index in [4.69, 9.17) is 5.11 Å². The lowest BCUT2D eigenvalue weighted by Crippen LogP contribution is -2.30. The molecule has 0 atom stereocenters. The second-order valence-electron chi connectivity index (χ2n) is 3.06. The van der Waals surface area contributed by atoms with Crippen LogP contribution in [-0.2, 0) is 9.59 Å². The molecule has 76 valence electrons. The minimum absolute atomic E-state index is 0.403. The maximum absolute atomic E-state index is 10.9. The normalized spacial score (nSPS) is 10.1. The van der Waals surface area contributed by atoms with Crippen molar-refractivity contribution in [1.82, 2.24) is 5.32 Å². The Morgan fingerprint density at radius 3 is 2.23 bits per heavy atom. The number of carbonyl (C=O) groups is 2. The van der Waals surface area contributed by atoms with E-state index in [0.717, 1.165) is 12.8 Å². The molecule has 1 amide bonds. The number of rotatable bonds is 6. The lowest BCUT2D eigenvalue weighted by molar-refractivity contribution is -0.140. The molecule has 0 aliphatic heterocycles. The molecule has 0 unspecified atom stereocenters. The van der Waals surface area contributed by atoms with Gasteiger partial charge in [0.25, 0.3) is 0 Å². The highest BCUT2D eigenvalue weighted by molar-refractivity contribution is 5.93. The van der Waals surface area contributed by atoms with Gasteiger partial charge in [0, 0.05) is 6.54 Å². The van der Waals surface area contributed by atoms with Gasteiger partial charge in [-0.1, -0.05) is 26.7 Å². The molecular weight excluding hydrogens is 170 g/mol. The number of amides is 1. The van der Waals surface area contributed by atoms with E-state index in [1.165, 1.54) is 0 Å². The predicted molar refractivity (Wildman–Crippen MR) is 49.3 cm³/mol. The average Bonchev–Trinajstić information content (AvgIpc) is 2.05. The molecule has 0 radical (unpaired) electrons. The minimum atomic E-state index is -1.08. The molecule has 2 N–H and O–H groups in total. The summed E-state index contributed by atoms with van der Waals surface area (Å²) in [6.07, 6.45) is 1.58. The van der Waals surface area contributed by atoms with Gasteiger partial charge in [0.1, 0.15) is 6.42 Å². The fourth-order valence-corrected chi connectivity index (χ4v) is 1.04. The van der Waals surface area contributed by atoms with Crippen LogP contribution in [0.1, 0.15) is 33.1 Å². The SMILES string of the molecule is CCC(CC)CNC(=O)CC(=O)O. The molecule has 0 fully saturated rings. The van der Waals surface area contributed by atoms with Crippen LogP contribution < -0.4 is 5.32 Å². The van der Waals surface area contributed by atoms with E-state index in [1.807, 2.05) is 0 Å². The summed E-state index contributed by atoms with van der Waals surface area (Å²) in [5.74, 6) is -1.03. The molecule has 0 aliphatic rings. The van der Waals surface area contributed by atoms with Gasteiger partial charge in [0.05, 0.1) is 0 Å². The van der Waals surface area contributed by atoms with Gasteiger partial charge in [0.2, 0.25) is 5.91 Å². The number of carbonyl (C=O) groups excluding carboxylic acids is 1. The first kappa shape index (κ1) is 11.9.